The van der Waals surface area contributed by atoms with Crippen LogP contribution in [0, 0.1) is 0 Å². The van der Waals surface area contributed by atoms with E-state index in [-0.39, 0.29) is 3.92 Å². The minimum Gasteiger partial charge on any atom is -0.467 e. The average Bonchev–Trinajstić information content (AvgIpc) is 2.27. The molecule has 15 heavy (non-hydrogen) atoms. The lowest BCUT2D eigenvalue weighted by atomic mass is 10.0. The number of rotatable bonds is 3. The quantitative estimate of drug-likeness (QED) is 0.528. The van der Waals surface area contributed by atoms with Crippen LogP contribution < -0.4 is 0 Å². The highest BCUT2D eigenvalue weighted by atomic mass is 127. The first kappa shape index (κ1) is 12.4. The second kappa shape index (κ2) is 5.46. The summed E-state index contributed by atoms with van der Waals surface area (Å²) in [6.07, 6.45) is -1.19. The van der Waals surface area contributed by atoms with Gasteiger partial charge in [0.25, 0.3) is 0 Å². The van der Waals surface area contributed by atoms with E-state index in [1.807, 2.05) is 19.1 Å². The zero-order chi connectivity index (χ0) is 11.4. The molecule has 0 aromatic heterocycles. The molecule has 3 nitrogen and oxygen atoms in total. The average molecular weight is 320 g/mol. The van der Waals surface area contributed by atoms with Crippen molar-refractivity contribution in [2.75, 3.05) is 7.11 Å². The monoisotopic (exact) mass is 320 g/mol. The van der Waals surface area contributed by atoms with Gasteiger partial charge in [-0.25, -0.2) is 4.79 Å². The number of methoxy groups -OCH3 is 1. The van der Waals surface area contributed by atoms with Gasteiger partial charge in [0, 0.05) is 3.92 Å². The summed E-state index contributed by atoms with van der Waals surface area (Å²) in [5.74, 6) is -0.625. The number of carbonyl (C=O) groups excluding carboxylic acids is 1. The summed E-state index contributed by atoms with van der Waals surface area (Å²) in [5, 5.41) is 9.74. The third kappa shape index (κ3) is 2.92. The summed E-state index contributed by atoms with van der Waals surface area (Å²) in [6.45, 7) is 2.00. The lowest BCUT2D eigenvalue weighted by molar-refractivity contribution is -0.150. The zero-order valence-corrected chi connectivity index (χ0v) is 10.8. The summed E-state index contributed by atoms with van der Waals surface area (Å²) in [6, 6.07) is 7.33. The largest absolute Gasteiger partial charge is 0.467 e. The number of hydrogen-bond donors (Lipinski definition) is 1. The number of benzene rings is 1. The van der Waals surface area contributed by atoms with Crippen LogP contribution in [0.15, 0.2) is 24.3 Å². The van der Waals surface area contributed by atoms with Crippen LogP contribution in [-0.4, -0.2) is 18.2 Å². The van der Waals surface area contributed by atoms with Crippen LogP contribution in [0.3, 0.4) is 0 Å². The molecule has 1 aromatic rings. The van der Waals surface area contributed by atoms with E-state index in [0.717, 1.165) is 5.56 Å². The Morgan fingerprint density at radius 3 is 2.40 bits per heavy atom. The zero-order valence-electron chi connectivity index (χ0n) is 8.61. The maximum atomic E-state index is 11.2. The maximum Gasteiger partial charge on any atom is 0.339 e. The van der Waals surface area contributed by atoms with E-state index in [0.29, 0.717) is 5.56 Å². The van der Waals surface area contributed by atoms with Crippen molar-refractivity contribution in [2.45, 2.75) is 17.0 Å². The molecule has 0 radical (unpaired) electrons. The Morgan fingerprint density at radius 1 is 1.40 bits per heavy atom. The summed E-state index contributed by atoms with van der Waals surface area (Å²) in [5.41, 5.74) is 1.57. The Balaban J connectivity index is 3.07. The molecule has 0 saturated heterocycles. The molecule has 2 atom stereocenters. The van der Waals surface area contributed by atoms with Crippen molar-refractivity contribution in [1.29, 1.82) is 0 Å². The molecule has 0 spiro atoms. The Kier molecular flexibility index (Phi) is 4.53. The summed E-state index contributed by atoms with van der Waals surface area (Å²) < 4.78 is 4.74. The van der Waals surface area contributed by atoms with Crippen LogP contribution in [0.25, 0.3) is 0 Å². The van der Waals surface area contributed by atoms with Gasteiger partial charge in [-0.1, -0.05) is 46.9 Å². The predicted molar refractivity (Wildman–Crippen MR) is 65.9 cm³/mol. The van der Waals surface area contributed by atoms with Gasteiger partial charge in [0.15, 0.2) is 6.10 Å². The Hall–Kier alpha value is -0.620. The van der Waals surface area contributed by atoms with Gasteiger partial charge >= 0.3 is 5.97 Å². The van der Waals surface area contributed by atoms with Crippen LogP contribution in [0.4, 0.5) is 0 Å². The SMILES string of the molecule is COC(=O)[C@H](O)c1ccccc1C(C)I. The van der Waals surface area contributed by atoms with Crippen LogP contribution in [0.5, 0.6) is 0 Å². The normalized spacial score (nSPS) is 14.4. The lowest BCUT2D eigenvalue weighted by Gasteiger charge is -2.15. The topological polar surface area (TPSA) is 46.5 Å². The fraction of sp³-hybridized carbons (Fsp3) is 0.364. The fourth-order valence-electron chi connectivity index (χ4n) is 1.36. The predicted octanol–water partition coefficient (Wildman–Crippen LogP) is 2.39. The Labute approximate surface area is 103 Å². The summed E-state index contributed by atoms with van der Waals surface area (Å²) in [4.78, 5) is 11.2. The van der Waals surface area contributed by atoms with Crippen LogP contribution in [-0.2, 0) is 9.53 Å². The second-order valence-electron chi connectivity index (χ2n) is 3.17. The van der Waals surface area contributed by atoms with Gasteiger partial charge in [-0.2, -0.15) is 0 Å². The Bertz CT molecular complexity index is 349. The van der Waals surface area contributed by atoms with E-state index in [1.54, 1.807) is 12.1 Å². The third-order valence-corrected chi connectivity index (χ3v) is 2.81. The molecule has 82 valence electrons. The van der Waals surface area contributed by atoms with Crippen molar-refractivity contribution >= 4 is 28.6 Å². The standard InChI is InChI=1S/C11H13IO3/c1-7(12)8-5-3-4-6-9(8)10(13)11(14)15-2/h3-7,10,13H,1-2H3/t7?,10-/m1/s1. The molecule has 0 heterocycles. The van der Waals surface area contributed by atoms with Crippen molar-refractivity contribution in [3.8, 4) is 0 Å². The first-order valence-corrected chi connectivity index (χ1v) is 5.81. The number of hydrogen-bond acceptors (Lipinski definition) is 3. The van der Waals surface area contributed by atoms with Crippen molar-refractivity contribution in [3.63, 3.8) is 0 Å². The maximum absolute atomic E-state index is 11.2. The molecule has 0 saturated carbocycles. The van der Waals surface area contributed by atoms with Crippen molar-refractivity contribution in [1.82, 2.24) is 0 Å². The fourth-order valence-corrected chi connectivity index (χ4v) is 1.93. The molecule has 1 aromatic carbocycles. The lowest BCUT2D eigenvalue weighted by Crippen LogP contribution is -2.15. The smallest absolute Gasteiger partial charge is 0.339 e. The van der Waals surface area contributed by atoms with E-state index in [1.165, 1.54) is 7.11 Å². The van der Waals surface area contributed by atoms with E-state index in [9.17, 15) is 9.90 Å². The molecule has 4 heteroatoms. The number of aliphatic hydroxyl groups is 1. The molecule has 0 bridgehead atoms. The van der Waals surface area contributed by atoms with E-state index >= 15 is 0 Å². The van der Waals surface area contributed by atoms with Crippen LogP contribution in [0.2, 0.25) is 0 Å². The molecular weight excluding hydrogens is 307 g/mol. The molecule has 1 rings (SSSR count). The van der Waals surface area contributed by atoms with Crippen molar-refractivity contribution in [3.05, 3.63) is 35.4 Å². The molecule has 1 unspecified atom stereocenters. The van der Waals surface area contributed by atoms with Gasteiger partial charge < -0.3 is 9.84 Å². The number of alkyl halides is 1. The summed E-state index contributed by atoms with van der Waals surface area (Å²) in [7, 11) is 1.27. The Morgan fingerprint density at radius 2 is 1.93 bits per heavy atom. The molecule has 0 amide bonds. The van der Waals surface area contributed by atoms with Crippen LogP contribution in [0.1, 0.15) is 28.1 Å². The highest BCUT2D eigenvalue weighted by Gasteiger charge is 2.21. The molecule has 0 aliphatic carbocycles. The number of esters is 1. The number of ether oxygens (including phenoxy) is 1. The second-order valence-corrected chi connectivity index (χ2v) is 5.04. The van der Waals surface area contributed by atoms with E-state index in [4.69, 9.17) is 0 Å². The van der Waals surface area contributed by atoms with Crippen molar-refractivity contribution < 1.29 is 14.6 Å². The van der Waals surface area contributed by atoms with E-state index in [2.05, 4.69) is 27.3 Å². The highest BCUT2D eigenvalue weighted by molar-refractivity contribution is 14.1. The van der Waals surface area contributed by atoms with Gasteiger partial charge in [-0.05, 0) is 18.1 Å². The highest BCUT2D eigenvalue weighted by Crippen LogP contribution is 2.29. The van der Waals surface area contributed by atoms with Crippen LogP contribution >= 0.6 is 22.6 Å². The molecule has 1 N–H and O–H groups in total. The van der Waals surface area contributed by atoms with Gasteiger partial charge in [0.05, 0.1) is 7.11 Å². The first-order chi connectivity index (χ1) is 7.07. The first-order valence-electron chi connectivity index (χ1n) is 4.56. The van der Waals surface area contributed by atoms with Gasteiger partial charge in [-0.3, -0.25) is 0 Å². The number of carbonyl (C=O) groups is 1. The minimum absolute atomic E-state index is 0.234. The molecule has 0 aliphatic rings. The van der Waals surface area contributed by atoms with Gasteiger partial charge in [-0.15, -0.1) is 0 Å². The van der Waals surface area contributed by atoms with Crippen molar-refractivity contribution in [2.24, 2.45) is 0 Å². The molecular formula is C11H13IO3. The van der Waals surface area contributed by atoms with Gasteiger partial charge in [0.2, 0.25) is 0 Å². The number of halogens is 1. The van der Waals surface area contributed by atoms with E-state index < -0.39 is 12.1 Å². The molecule has 0 aliphatic heterocycles. The van der Waals surface area contributed by atoms with Gasteiger partial charge in [0.1, 0.15) is 0 Å². The molecule has 0 fully saturated rings. The summed E-state index contributed by atoms with van der Waals surface area (Å²) >= 11 is 2.24. The number of aliphatic hydroxyl groups excluding tert-OH is 1. The third-order valence-electron chi connectivity index (χ3n) is 2.14. The minimum atomic E-state index is -1.19.